The second-order valence-electron chi connectivity index (χ2n) is 6.15. The van der Waals surface area contributed by atoms with Gasteiger partial charge >= 0.3 is 5.97 Å². The minimum atomic E-state index is -0.449. The van der Waals surface area contributed by atoms with Gasteiger partial charge in [0.05, 0.1) is 6.10 Å². The maximum absolute atomic E-state index is 12.9. The molecule has 0 saturated carbocycles. The lowest BCUT2D eigenvalue weighted by molar-refractivity contribution is -0.121. The Kier molecular flexibility index (Phi) is 5.37. The molecule has 1 N–H and O–H groups in total. The summed E-state index contributed by atoms with van der Waals surface area (Å²) >= 11 is 1.46. The second-order valence-corrected chi connectivity index (χ2v) is 7.05. The molecule has 3 aromatic rings. The van der Waals surface area contributed by atoms with Crippen LogP contribution >= 0.6 is 11.3 Å². The van der Waals surface area contributed by atoms with Crippen LogP contribution in [0.5, 0.6) is 0 Å². The number of rotatable bonds is 6. The van der Waals surface area contributed by atoms with Gasteiger partial charge in [-0.15, -0.1) is 11.3 Å². The molecular formula is C19H19FN2O3S. The van der Waals surface area contributed by atoms with Gasteiger partial charge in [0, 0.05) is 11.9 Å². The van der Waals surface area contributed by atoms with Crippen LogP contribution in [0.2, 0.25) is 0 Å². The molecule has 136 valence electrons. The number of esters is 1. The first kappa shape index (κ1) is 18.1. The molecule has 0 atom stereocenters. The van der Waals surface area contributed by atoms with Crippen molar-refractivity contribution < 1.29 is 18.7 Å². The van der Waals surface area contributed by atoms with E-state index in [1.807, 2.05) is 11.4 Å². The second kappa shape index (κ2) is 7.70. The SMILES string of the molecule is CC(C)OC(=O)c1cc2ccsc2n1CC(=O)NCc1ccc(F)cc1. The number of halogens is 1. The summed E-state index contributed by atoms with van der Waals surface area (Å²) in [6.07, 6.45) is -0.240. The molecule has 5 nitrogen and oxygen atoms in total. The Morgan fingerprint density at radius 2 is 1.96 bits per heavy atom. The number of benzene rings is 1. The van der Waals surface area contributed by atoms with Crippen LogP contribution in [0.3, 0.4) is 0 Å². The van der Waals surface area contributed by atoms with Gasteiger partial charge in [-0.05, 0) is 49.1 Å². The Hall–Kier alpha value is -2.67. The molecule has 0 aliphatic carbocycles. The molecule has 3 rings (SSSR count). The van der Waals surface area contributed by atoms with Crippen molar-refractivity contribution in [1.29, 1.82) is 0 Å². The Labute approximate surface area is 154 Å². The molecule has 0 fully saturated rings. The van der Waals surface area contributed by atoms with Crippen molar-refractivity contribution >= 4 is 33.4 Å². The van der Waals surface area contributed by atoms with Crippen molar-refractivity contribution in [2.75, 3.05) is 0 Å². The Bertz CT molecular complexity index is 928. The number of fused-ring (bicyclic) bond motifs is 1. The highest BCUT2D eigenvalue weighted by Crippen LogP contribution is 2.26. The number of thiophene rings is 1. The lowest BCUT2D eigenvalue weighted by Crippen LogP contribution is -2.28. The number of carbonyl (C=O) groups is 2. The van der Waals surface area contributed by atoms with E-state index < -0.39 is 5.97 Å². The number of nitrogens with one attached hydrogen (secondary N) is 1. The van der Waals surface area contributed by atoms with Crippen LogP contribution in [-0.4, -0.2) is 22.5 Å². The van der Waals surface area contributed by atoms with Crippen molar-refractivity contribution in [3.63, 3.8) is 0 Å². The van der Waals surface area contributed by atoms with Crippen molar-refractivity contribution in [2.24, 2.45) is 0 Å². The number of hydrogen-bond acceptors (Lipinski definition) is 4. The first-order valence-corrected chi connectivity index (χ1v) is 9.11. The number of carbonyl (C=O) groups excluding carboxylic acids is 2. The molecule has 0 radical (unpaired) electrons. The quantitative estimate of drug-likeness (QED) is 0.669. The van der Waals surface area contributed by atoms with Crippen molar-refractivity contribution in [3.8, 4) is 0 Å². The number of ether oxygens (including phenoxy) is 1. The van der Waals surface area contributed by atoms with E-state index in [1.54, 1.807) is 36.6 Å². The number of amides is 1. The molecule has 0 spiro atoms. The molecule has 1 aromatic carbocycles. The van der Waals surface area contributed by atoms with Gasteiger partial charge in [0.2, 0.25) is 5.91 Å². The maximum atomic E-state index is 12.9. The van der Waals surface area contributed by atoms with E-state index in [9.17, 15) is 14.0 Å². The van der Waals surface area contributed by atoms with Crippen molar-refractivity contribution in [2.45, 2.75) is 33.0 Å². The zero-order chi connectivity index (χ0) is 18.7. The first-order chi connectivity index (χ1) is 12.4. The fraction of sp³-hybridized carbons (Fsp3) is 0.263. The third-order valence-electron chi connectivity index (χ3n) is 3.76. The van der Waals surface area contributed by atoms with E-state index in [1.165, 1.54) is 23.5 Å². The van der Waals surface area contributed by atoms with E-state index in [4.69, 9.17) is 4.74 Å². The minimum Gasteiger partial charge on any atom is -0.458 e. The third-order valence-corrected chi connectivity index (χ3v) is 4.71. The fourth-order valence-electron chi connectivity index (χ4n) is 2.58. The molecule has 0 saturated heterocycles. The fourth-order valence-corrected chi connectivity index (χ4v) is 3.47. The van der Waals surface area contributed by atoms with Gasteiger partial charge in [-0.25, -0.2) is 9.18 Å². The predicted molar refractivity (Wildman–Crippen MR) is 98.6 cm³/mol. The number of hydrogen-bond donors (Lipinski definition) is 1. The zero-order valence-corrected chi connectivity index (χ0v) is 15.3. The lowest BCUT2D eigenvalue weighted by Gasteiger charge is -2.12. The van der Waals surface area contributed by atoms with Gasteiger partial charge < -0.3 is 14.6 Å². The van der Waals surface area contributed by atoms with Crippen LogP contribution in [0.1, 0.15) is 29.9 Å². The first-order valence-electron chi connectivity index (χ1n) is 8.23. The van der Waals surface area contributed by atoms with Crippen LogP contribution in [0.15, 0.2) is 41.8 Å². The summed E-state index contributed by atoms with van der Waals surface area (Å²) in [5.74, 6) is -1.01. The molecule has 2 heterocycles. The Balaban J connectivity index is 1.74. The van der Waals surface area contributed by atoms with Gasteiger partial charge in [0.25, 0.3) is 0 Å². The van der Waals surface area contributed by atoms with E-state index >= 15 is 0 Å². The molecule has 0 aliphatic heterocycles. The molecule has 7 heteroatoms. The molecule has 26 heavy (non-hydrogen) atoms. The summed E-state index contributed by atoms with van der Waals surface area (Å²) in [6.45, 7) is 3.86. The van der Waals surface area contributed by atoms with Crippen molar-refractivity contribution in [3.05, 3.63) is 58.9 Å². The number of aromatic nitrogens is 1. The van der Waals surface area contributed by atoms with E-state index in [0.717, 1.165) is 15.8 Å². The highest BCUT2D eigenvalue weighted by molar-refractivity contribution is 7.16. The van der Waals surface area contributed by atoms with E-state index in [-0.39, 0.29) is 24.4 Å². The molecule has 1 amide bonds. The summed E-state index contributed by atoms with van der Waals surface area (Å²) in [4.78, 5) is 25.5. The molecular weight excluding hydrogens is 355 g/mol. The monoisotopic (exact) mass is 374 g/mol. The van der Waals surface area contributed by atoms with E-state index in [2.05, 4.69) is 5.32 Å². The topological polar surface area (TPSA) is 60.3 Å². The molecule has 0 bridgehead atoms. The van der Waals surface area contributed by atoms with Crippen LogP contribution in [0, 0.1) is 5.82 Å². The summed E-state index contributed by atoms with van der Waals surface area (Å²) in [5.41, 5.74) is 1.16. The molecule has 0 unspecified atom stereocenters. The zero-order valence-electron chi connectivity index (χ0n) is 14.5. The molecule has 2 aromatic heterocycles. The Morgan fingerprint density at radius 3 is 2.65 bits per heavy atom. The largest absolute Gasteiger partial charge is 0.458 e. The van der Waals surface area contributed by atoms with Gasteiger partial charge in [0.1, 0.15) is 22.9 Å². The standard InChI is InChI=1S/C19H19FN2O3S/c1-12(2)25-19(24)16-9-14-7-8-26-18(14)22(16)11-17(23)21-10-13-3-5-15(20)6-4-13/h3-9,12H,10-11H2,1-2H3,(H,21,23). The third kappa shape index (κ3) is 4.11. The van der Waals surface area contributed by atoms with Crippen LogP contribution in [0.4, 0.5) is 4.39 Å². The summed E-state index contributed by atoms with van der Waals surface area (Å²) in [6, 6.07) is 9.58. The summed E-state index contributed by atoms with van der Waals surface area (Å²) < 4.78 is 19.9. The van der Waals surface area contributed by atoms with Gasteiger partial charge in [0.15, 0.2) is 0 Å². The van der Waals surface area contributed by atoms with Gasteiger partial charge in [-0.2, -0.15) is 0 Å². The van der Waals surface area contributed by atoms with Crippen molar-refractivity contribution in [1.82, 2.24) is 9.88 Å². The highest BCUT2D eigenvalue weighted by Gasteiger charge is 2.20. The van der Waals surface area contributed by atoms with Crippen LogP contribution in [-0.2, 0) is 22.6 Å². The van der Waals surface area contributed by atoms with Crippen LogP contribution in [0.25, 0.3) is 10.2 Å². The Morgan fingerprint density at radius 1 is 1.23 bits per heavy atom. The predicted octanol–water partition coefficient (Wildman–Crippen LogP) is 3.72. The summed E-state index contributed by atoms with van der Waals surface area (Å²) in [5, 5.41) is 5.60. The average molecular weight is 374 g/mol. The lowest BCUT2D eigenvalue weighted by atomic mass is 10.2. The maximum Gasteiger partial charge on any atom is 0.355 e. The molecule has 0 aliphatic rings. The van der Waals surface area contributed by atoms with Crippen LogP contribution < -0.4 is 5.32 Å². The van der Waals surface area contributed by atoms with E-state index in [0.29, 0.717) is 12.2 Å². The van der Waals surface area contributed by atoms with Gasteiger partial charge in [-0.1, -0.05) is 12.1 Å². The summed E-state index contributed by atoms with van der Waals surface area (Å²) in [7, 11) is 0. The number of nitrogens with zero attached hydrogens (tertiary/aromatic N) is 1. The highest BCUT2D eigenvalue weighted by atomic mass is 32.1. The van der Waals surface area contributed by atoms with Gasteiger partial charge in [-0.3, -0.25) is 4.79 Å². The normalized spacial score (nSPS) is 11.1. The minimum absolute atomic E-state index is 0.00768. The smallest absolute Gasteiger partial charge is 0.355 e. The average Bonchev–Trinajstić information content (AvgIpc) is 3.16.